The Labute approximate surface area is 80.0 Å². The molecule has 0 atom stereocenters. The minimum Gasteiger partial charge on any atom is -0.315 e. The van der Waals surface area contributed by atoms with Crippen molar-refractivity contribution in [3.63, 3.8) is 0 Å². The van der Waals surface area contributed by atoms with Gasteiger partial charge in [0.15, 0.2) is 0 Å². The van der Waals surface area contributed by atoms with Gasteiger partial charge in [0, 0.05) is 20.0 Å². The van der Waals surface area contributed by atoms with Crippen molar-refractivity contribution < 1.29 is 10.2 Å². The van der Waals surface area contributed by atoms with E-state index in [4.69, 9.17) is 0 Å². The first-order chi connectivity index (χ1) is 6.25. The quantitative estimate of drug-likeness (QED) is 0.705. The first-order valence-corrected chi connectivity index (χ1v) is 4.64. The molecule has 0 aromatic heterocycles. The lowest BCUT2D eigenvalue weighted by molar-refractivity contribution is 0.531. The van der Waals surface area contributed by atoms with Crippen LogP contribution in [0.1, 0.15) is 28.1 Å². The maximum atomic E-state index is 12.8. The Morgan fingerprint density at radius 1 is 1.46 bits per heavy atom. The fourth-order valence-electron chi connectivity index (χ4n) is 1.09. The van der Waals surface area contributed by atoms with Gasteiger partial charge in [0.1, 0.15) is 11.7 Å². The Hall–Kier alpha value is -0.700. The van der Waals surface area contributed by atoms with E-state index in [0.717, 1.165) is 0 Å². The summed E-state index contributed by atoms with van der Waals surface area (Å²) >= 11 is 0. The molecule has 1 rings (SSSR count). The highest BCUT2D eigenvalue weighted by Crippen LogP contribution is 2.26. The van der Waals surface area contributed by atoms with Crippen molar-refractivity contribution in [3.05, 3.63) is 23.3 Å². The third-order valence-electron chi connectivity index (χ3n) is 1.66. The lowest BCUT2D eigenvalue weighted by Gasteiger charge is -2.10. The van der Waals surface area contributed by atoms with Crippen molar-refractivity contribution in [1.29, 1.82) is 0 Å². The van der Waals surface area contributed by atoms with E-state index in [1.807, 2.05) is 13.8 Å². The predicted octanol–water partition coefficient (Wildman–Crippen LogP) is 3.35. The standard InChI is InChI=1S/C8H11F2N.C2H6.H2/c1-11-5-6-7(9)3-2-4-8(6)10;1-2;/h3,11H,2,4-5H2,1H3;1-2H3;1H. The SMILES string of the molecule is CC.CNCC1=C(F)CCC=C1F.[HH]. The van der Waals surface area contributed by atoms with E-state index in [1.54, 1.807) is 7.05 Å². The molecule has 0 saturated heterocycles. The van der Waals surface area contributed by atoms with Crippen LogP contribution < -0.4 is 5.32 Å². The van der Waals surface area contributed by atoms with Gasteiger partial charge in [0.25, 0.3) is 0 Å². The van der Waals surface area contributed by atoms with Crippen molar-refractivity contribution in [3.8, 4) is 0 Å². The summed E-state index contributed by atoms with van der Waals surface area (Å²) < 4.78 is 25.7. The summed E-state index contributed by atoms with van der Waals surface area (Å²) in [4.78, 5) is 0. The molecule has 0 aromatic rings. The van der Waals surface area contributed by atoms with Crippen molar-refractivity contribution in [2.24, 2.45) is 0 Å². The van der Waals surface area contributed by atoms with Crippen LogP contribution in [0, 0.1) is 0 Å². The lowest BCUT2D eigenvalue weighted by atomic mass is 10.0. The van der Waals surface area contributed by atoms with E-state index < -0.39 is 5.83 Å². The summed E-state index contributed by atoms with van der Waals surface area (Å²) in [6.45, 7) is 4.27. The van der Waals surface area contributed by atoms with Gasteiger partial charge in [-0.3, -0.25) is 0 Å². The molecule has 0 aliphatic heterocycles. The molecule has 0 saturated carbocycles. The number of rotatable bonds is 2. The second-order valence-corrected chi connectivity index (χ2v) is 2.50. The van der Waals surface area contributed by atoms with Crippen molar-refractivity contribution in [2.75, 3.05) is 13.6 Å². The van der Waals surface area contributed by atoms with Crippen LogP contribution in [0.25, 0.3) is 0 Å². The molecule has 0 spiro atoms. The van der Waals surface area contributed by atoms with E-state index in [2.05, 4.69) is 5.32 Å². The molecule has 1 aliphatic carbocycles. The molecule has 0 bridgehead atoms. The molecular weight excluding hydrogens is 172 g/mol. The van der Waals surface area contributed by atoms with E-state index in [-0.39, 0.29) is 19.4 Å². The zero-order valence-electron chi connectivity index (χ0n) is 8.45. The molecule has 0 radical (unpaired) electrons. The molecule has 0 heterocycles. The minimum absolute atomic E-state index is 0. The fourth-order valence-corrected chi connectivity index (χ4v) is 1.09. The van der Waals surface area contributed by atoms with Crippen LogP contribution in [0.3, 0.4) is 0 Å². The monoisotopic (exact) mass is 191 g/mol. The van der Waals surface area contributed by atoms with Gasteiger partial charge < -0.3 is 5.32 Å². The van der Waals surface area contributed by atoms with Gasteiger partial charge in [0.2, 0.25) is 0 Å². The summed E-state index contributed by atoms with van der Waals surface area (Å²) in [6.07, 6.45) is 2.24. The van der Waals surface area contributed by atoms with E-state index in [0.29, 0.717) is 12.8 Å². The third kappa shape index (κ3) is 3.68. The average Bonchev–Trinajstić information content (AvgIpc) is 2.15. The van der Waals surface area contributed by atoms with Gasteiger partial charge in [-0.2, -0.15) is 0 Å². The van der Waals surface area contributed by atoms with E-state index >= 15 is 0 Å². The molecule has 1 aliphatic rings. The highest BCUT2D eigenvalue weighted by molar-refractivity contribution is 5.32. The third-order valence-corrected chi connectivity index (χ3v) is 1.66. The van der Waals surface area contributed by atoms with Crippen molar-refractivity contribution in [1.82, 2.24) is 5.32 Å². The predicted molar refractivity (Wildman–Crippen MR) is 53.9 cm³/mol. The molecule has 0 fully saturated rings. The Kier molecular flexibility index (Phi) is 6.41. The number of halogens is 2. The van der Waals surface area contributed by atoms with Crippen molar-refractivity contribution >= 4 is 0 Å². The van der Waals surface area contributed by atoms with Gasteiger partial charge in [-0.25, -0.2) is 8.78 Å². The second kappa shape index (κ2) is 6.78. The molecular formula is C10H19F2N. The van der Waals surface area contributed by atoms with Gasteiger partial charge in [0.05, 0.1) is 0 Å². The lowest BCUT2D eigenvalue weighted by Crippen LogP contribution is -2.13. The molecule has 0 aromatic carbocycles. The Morgan fingerprint density at radius 3 is 2.54 bits per heavy atom. The largest absolute Gasteiger partial charge is 0.315 e. The normalized spacial score (nSPS) is 16.2. The van der Waals surface area contributed by atoms with Gasteiger partial charge >= 0.3 is 0 Å². The van der Waals surface area contributed by atoms with Crippen LogP contribution in [0.2, 0.25) is 0 Å². The van der Waals surface area contributed by atoms with Gasteiger partial charge in [-0.1, -0.05) is 13.8 Å². The van der Waals surface area contributed by atoms with Crippen LogP contribution in [0.4, 0.5) is 8.78 Å². The zero-order chi connectivity index (χ0) is 10.3. The summed E-state index contributed by atoms with van der Waals surface area (Å²) in [5.74, 6) is -0.734. The molecule has 1 nitrogen and oxygen atoms in total. The maximum Gasteiger partial charge on any atom is 0.126 e. The fraction of sp³-hybridized carbons (Fsp3) is 0.600. The van der Waals surface area contributed by atoms with Crippen LogP contribution in [0.15, 0.2) is 23.3 Å². The maximum absolute atomic E-state index is 12.8. The summed E-state index contributed by atoms with van der Waals surface area (Å²) in [6, 6.07) is 0. The molecule has 13 heavy (non-hydrogen) atoms. The summed E-state index contributed by atoms with van der Waals surface area (Å²) in [5, 5.41) is 2.72. The van der Waals surface area contributed by atoms with Gasteiger partial charge in [-0.05, 0) is 19.5 Å². The number of likely N-dealkylation sites (N-methyl/N-ethyl adjacent to an activating group) is 1. The van der Waals surface area contributed by atoms with Crippen LogP contribution in [-0.4, -0.2) is 13.6 Å². The molecule has 1 N–H and O–H groups in total. The van der Waals surface area contributed by atoms with Crippen molar-refractivity contribution in [2.45, 2.75) is 26.7 Å². The number of hydrogen-bond acceptors (Lipinski definition) is 1. The molecule has 0 amide bonds. The summed E-state index contributed by atoms with van der Waals surface area (Å²) in [5.41, 5.74) is 0.179. The molecule has 0 unspecified atom stereocenters. The van der Waals surface area contributed by atoms with Crippen LogP contribution in [-0.2, 0) is 0 Å². The topological polar surface area (TPSA) is 12.0 Å². The smallest absolute Gasteiger partial charge is 0.126 e. The molecule has 78 valence electrons. The van der Waals surface area contributed by atoms with Crippen LogP contribution in [0.5, 0.6) is 0 Å². The summed E-state index contributed by atoms with van der Waals surface area (Å²) in [7, 11) is 1.67. The highest BCUT2D eigenvalue weighted by atomic mass is 19.1. The average molecular weight is 191 g/mol. The second-order valence-electron chi connectivity index (χ2n) is 2.50. The van der Waals surface area contributed by atoms with Gasteiger partial charge in [-0.15, -0.1) is 0 Å². The van der Waals surface area contributed by atoms with E-state index in [9.17, 15) is 8.78 Å². The number of nitrogens with one attached hydrogen (secondary N) is 1. The Balaban J connectivity index is 0. The number of hydrogen-bond donors (Lipinski definition) is 1. The Morgan fingerprint density at radius 2 is 2.08 bits per heavy atom. The van der Waals surface area contributed by atoms with E-state index in [1.165, 1.54) is 6.08 Å². The first kappa shape index (κ1) is 12.3. The molecule has 3 heteroatoms. The Bertz CT molecular complexity index is 212. The minimum atomic E-state index is -0.414. The van der Waals surface area contributed by atoms with Crippen LogP contribution >= 0.6 is 0 Å². The zero-order valence-corrected chi connectivity index (χ0v) is 8.45. The first-order valence-electron chi connectivity index (χ1n) is 4.64. The highest BCUT2D eigenvalue weighted by Gasteiger charge is 2.14. The number of allylic oxidation sites excluding steroid dienone is 2.